The minimum atomic E-state index is -0.199. The molecule has 2 aliphatic rings. The molecule has 0 aromatic carbocycles. The van der Waals surface area contributed by atoms with Crippen molar-refractivity contribution in [1.29, 1.82) is 0 Å². The lowest BCUT2D eigenvalue weighted by molar-refractivity contribution is -0.142. The van der Waals surface area contributed by atoms with Crippen LogP contribution in [0.1, 0.15) is 19.8 Å². The smallest absolute Gasteiger partial charge is 0.252 e. The molecular formula is C11H20N2O2. The van der Waals surface area contributed by atoms with Crippen LogP contribution in [-0.2, 0) is 9.53 Å². The number of amides is 1. The molecule has 3 atom stereocenters. The highest BCUT2D eigenvalue weighted by Crippen LogP contribution is 2.22. The standard InChI is InChI=1S/C11H20N2O2/c1-8-4-6-15-10(8)11(14)13(2)9-3-5-12-7-9/h8-10,12H,3-7H2,1-2H3. The highest BCUT2D eigenvalue weighted by molar-refractivity contribution is 5.81. The van der Waals surface area contributed by atoms with E-state index in [0.29, 0.717) is 12.0 Å². The van der Waals surface area contributed by atoms with Crippen molar-refractivity contribution in [1.82, 2.24) is 10.2 Å². The van der Waals surface area contributed by atoms with E-state index in [2.05, 4.69) is 12.2 Å². The fraction of sp³-hybridized carbons (Fsp3) is 0.909. The molecule has 3 unspecified atom stereocenters. The van der Waals surface area contributed by atoms with Crippen LogP contribution in [0.2, 0.25) is 0 Å². The average Bonchev–Trinajstić information content (AvgIpc) is 2.85. The molecule has 2 aliphatic heterocycles. The summed E-state index contributed by atoms with van der Waals surface area (Å²) in [5.41, 5.74) is 0. The molecule has 0 aromatic heterocycles. The minimum absolute atomic E-state index is 0.161. The van der Waals surface area contributed by atoms with Gasteiger partial charge in [-0.3, -0.25) is 4.79 Å². The van der Waals surface area contributed by atoms with Crippen LogP contribution in [0.3, 0.4) is 0 Å². The van der Waals surface area contributed by atoms with Gasteiger partial charge in [-0.05, 0) is 25.3 Å². The fourth-order valence-electron chi connectivity index (χ4n) is 2.36. The number of nitrogens with one attached hydrogen (secondary N) is 1. The molecule has 2 fully saturated rings. The molecule has 2 rings (SSSR count). The van der Waals surface area contributed by atoms with Gasteiger partial charge in [-0.15, -0.1) is 0 Å². The lowest BCUT2D eigenvalue weighted by Crippen LogP contribution is -2.45. The molecule has 0 aromatic rings. The number of likely N-dealkylation sites (N-methyl/N-ethyl adjacent to an activating group) is 1. The highest BCUT2D eigenvalue weighted by atomic mass is 16.5. The second-order valence-electron chi connectivity index (χ2n) is 4.65. The number of nitrogens with zero attached hydrogens (tertiary/aromatic N) is 1. The van der Waals surface area contributed by atoms with Gasteiger partial charge in [-0.25, -0.2) is 0 Å². The first-order valence-corrected chi connectivity index (χ1v) is 5.79. The average molecular weight is 212 g/mol. The molecule has 0 saturated carbocycles. The summed E-state index contributed by atoms with van der Waals surface area (Å²) in [4.78, 5) is 14.0. The van der Waals surface area contributed by atoms with Gasteiger partial charge < -0.3 is 15.0 Å². The fourth-order valence-corrected chi connectivity index (χ4v) is 2.36. The molecule has 2 heterocycles. The SMILES string of the molecule is CC1CCOC1C(=O)N(C)C1CCNC1. The van der Waals surface area contributed by atoms with Crippen LogP contribution in [-0.4, -0.2) is 49.7 Å². The van der Waals surface area contributed by atoms with E-state index < -0.39 is 0 Å². The number of carbonyl (C=O) groups is 1. The summed E-state index contributed by atoms with van der Waals surface area (Å²) >= 11 is 0. The molecule has 0 aliphatic carbocycles. The van der Waals surface area contributed by atoms with Crippen LogP contribution < -0.4 is 5.32 Å². The lowest BCUT2D eigenvalue weighted by Gasteiger charge is -2.27. The van der Waals surface area contributed by atoms with Crippen molar-refractivity contribution >= 4 is 5.91 Å². The first kappa shape index (κ1) is 10.9. The Bertz CT molecular complexity index is 239. The van der Waals surface area contributed by atoms with Gasteiger partial charge in [0.1, 0.15) is 6.10 Å². The summed E-state index contributed by atoms with van der Waals surface area (Å²) in [6, 6.07) is 0.355. The third-order valence-electron chi connectivity index (χ3n) is 3.56. The van der Waals surface area contributed by atoms with Crippen LogP contribution >= 0.6 is 0 Å². The van der Waals surface area contributed by atoms with E-state index in [1.54, 1.807) is 0 Å². The quantitative estimate of drug-likeness (QED) is 0.712. The van der Waals surface area contributed by atoms with E-state index in [0.717, 1.165) is 32.5 Å². The molecule has 4 nitrogen and oxygen atoms in total. The molecule has 1 amide bonds. The summed E-state index contributed by atoms with van der Waals surface area (Å²) in [6.07, 6.45) is 1.87. The van der Waals surface area contributed by atoms with Crippen molar-refractivity contribution in [3.63, 3.8) is 0 Å². The zero-order chi connectivity index (χ0) is 10.8. The topological polar surface area (TPSA) is 41.6 Å². The summed E-state index contributed by atoms with van der Waals surface area (Å²) < 4.78 is 5.50. The third kappa shape index (κ3) is 2.16. The van der Waals surface area contributed by atoms with E-state index in [-0.39, 0.29) is 12.0 Å². The Balaban J connectivity index is 1.94. The number of ether oxygens (including phenoxy) is 1. The van der Waals surface area contributed by atoms with E-state index >= 15 is 0 Å². The second kappa shape index (κ2) is 4.49. The predicted molar refractivity (Wildman–Crippen MR) is 57.6 cm³/mol. The highest BCUT2D eigenvalue weighted by Gasteiger charge is 2.35. The van der Waals surface area contributed by atoms with Gasteiger partial charge >= 0.3 is 0 Å². The maximum Gasteiger partial charge on any atom is 0.252 e. The minimum Gasteiger partial charge on any atom is -0.368 e. The second-order valence-corrected chi connectivity index (χ2v) is 4.65. The van der Waals surface area contributed by atoms with E-state index in [1.807, 2.05) is 11.9 Å². The van der Waals surface area contributed by atoms with Crippen molar-refractivity contribution in [2.45, 2.75) is 31.9 Å². The third-order valence-corrected chi connectivity index (χ3v) is 3.56. The zero-order valence-corrected chi connectivity index (χ0v) is 9.53. The van der Waals surface area contributed by atoms with Crippen LogP contribution in [0.25, 0.3) is 0 Å². The molecule has 86 valence electrons. The van der Waals surface area contributed by atoms with E-state index in [9.17, 15) is 4.79 Å². The van der Waals surface area contributed by atoms with Crippen LogP contribution in [0.15, 0.2) is 0 Å². The van der Waals surface area contributed by atoms with E-state index in [4.69, 9.17) is 4.74 Å². The normalized spacial score (nSPS) is 35.7. The maximum atomic E-state index is 12.1. The monoisotopic (exact) mass is 212 g/mol. The van der Waals surface area contributed by atoms with Gasteiger partial charge in [0.2, 0.25) is 0 Å². The molecular weight excluding hydrogens is 192 g/mol. The van der Waals surface area contributed by atoms with Crippen molar-refractivity contribution < 1.29 is 9.53 Å². The van der Waals surface area contributed by atoms with Crippen LogP contribution in [0.5, 0.6) is 0 Å². The zero-order valence-electron chi connectivity index (χ0n) is 9.53. The van der Waals surface area contributed by atoms with Crippen LogP contribution in [0.4, 0.5) is 0 Å². The first-order valence-electron chi connectivity index (χ1n) is 5.79. The maximum absolute atomic E-state index is 12.1. The Labute approximate surface area is 91.0 Å². The molecule has 1 N–H and O–H groups in total. The Hall–Kier alpha value is -0.610. The molecule has 2 saturated heterocycles. The van der Waals surface area contributed by atoms with Crippen molar-refractivity contribution in [3.8, 4) is 0 Å². The number of hydrogen-bond acceptors (Lipinski definition) is 3. The van der Waals surface area contributed by atoms with Gasteiger partial charge in [0.25, 0.3) is 5.91 Å². The Morgan fingerprint density at radius 2 is 2.27 bits per heavy atom. The summed E-state index contributed by atoms with van der Waals surface area (Å²) in [6.45, 7) is 4.76. The lowest BCUT2D eigenvalue weighted by atomic mass is 10.0. The first-order chi connectivity index (χ1) is 7.20. The Morgan fingerprint density at radius 3 is 2.80 bits per heavy atom. The molecule has 4 heteroatoms. The van der Waals surface area contributed by atoms with Crippen molar-refractivity contribution in [2.24, 2.45) is 5.92 Å². The van der Waals surface area contributed by atoms with Crippen molar-refractivity contribution in [3.05, 3.63) is 0 Å². The number of carbonyl (C=O) groups excluding carboxylic acids is 1. The van der Waals surface area contributed by atoms with Gasteiger partial charge in [0, 0.05) is 26.2 Å². The summed E-state index contributed by atoms with van der Waals surface area (Å²) in [5, 5.41) is 3.28. The molecule has 15 heavy (non-hydrogen) atoms. The molecule has 0 spiro atoms. The summed E-state index contributed by atoms with van der Waals surface area (Å²) in [7, 11) is 1.90. The Kier molecular flexibility index (Phi) is 3.26. The predicted octanol–water partition coefficient (Wildman–Crippen LogP) is 0.232. The number of rotatable bonds is 2. The molecule has 0 radical (unpaired) electrons. The van der Waals surface area contributed by atoms with Gasteiger partial charge in [0.15, 0.2) is 0 Å². The van der Waals surface area contributed by atoms with Crippen molar-refractivity contribution in [2.75, 3.05) is 26.7 Å². The van der Waals surface area contributed by atoms with Gasteiger partial charge in [-0.1, -0.05) is 6.92 Å². The number of hydrogen-bond donors (Lipinski definition) is 1. The molecule has 0 bridgehead atoms. The largest absolute Gasteiger partial charge is 0.368 e. The van der Waals surface area contributed by atoms with E-state index in [1.165, 1.54) is 0 Å². The Morgan fingerprint density at radius 1 is 1.47 bits per heavy atom. The summed E-state index contributed by atoms with van der Waals surface area (Å²) in [5.74, 6) is 0.531. The van der Waals surface area contributed by atoms with Gasteiger partial charge in [-0.2, -0.15) is 0 Å². The van der Waals surface area contributed by atoms with Crippen LogP contribution in [0, 0.1) is 5.92 Å². The van der Waals surface area contributed by atoms with Gasteiger partial charge in [0.05, 0.1) is 0 Å².